The fourth-order valence-electron chi connectivity index (χ4n) is 0.431. The van der Waals surface area contributed by atoms with Gasteiger partial charge in [-0.3, -0.25) is 4.79 Å². The van der Waals surface area contributed by atoms with Crippen molar-refractivity contribution >= 4 is 5.91 Å². The Morgan fingerprint density at radius 3 is 2.00 bits per heavy atom. The lowest BCUT2D eigenvalue weighted by Crippen LogP contribution is -2.10. The van der Waals surface area contributed by atoms with Crippen molar-refractivity contribution in [1.29, 1.82) is 0 Å². The summed E-state index contributed by atoms with van der Waals surface area (Å²) in [5.41, 5.74) is 4.90. The van der Waals surface area contributed by atoms with Crippen LogP contribution in [-0.2, 0) is 4.79 Å². The summed E-state index contributed by atoms with van der Waals surface area (Å²) in [7, 11) is 1.00. The molecular formula is C7H17NO2. The normalized spacial score (nSPS) is 8.50. The number of hydrogen-bond acceptors (Lipinski definition) is 2. The summed E-state index contributed by atoms with van der Waals surface area (Å²) in [5, 5.41) is 7.00. The average molecular weight is 147 g/mol. The molecule has 3 nitrogen and oxygen atoms in total. The van der Waals surface area contributed by atoms with E-state index >= 15 is 0 Å². The Morgan fingerprint density at radius 1 is 1.50 bits per heavy atom. The molecule has 0 rings (SSSR count). The molecule has 0 bridgehead atoms. The first-order valence-corrected chi connectivity index (χ1v) is 3.36. The van der Waals surface area contributed by atoms with Gasteiger partial charge in [0, 0.05) is 13.5 Å². The molecule has 0 atom stereocenters. The van der Waals surface area contributed by atoms with Gasteiger partial charge in [0.1, 0.15) is 0 Å². The van der Waals surface area contributed by atoms with Crippen molar-refractivity contribution in [2.24, 2.45) is 11.7 Å². The van der Waals surface area contributed by atoms with E-state index in [1.807, 2.05) is 0 Å². The van der Waals surface area contributed by atoms with Gasteiger partial charge in [-0.15, -0.1) is 0 Å². The number of primary amides is 1. The molecule has 0 radical (unpaired) electrons. The zero-order valence-electron chi connectivity index (χ0n) is 6.92. The van der Waals surface area contributed by atoms with Crippen LogP contribution in [0.4, 0.5) is 0 Å². The molecule has 1 amide bonds. The smallest absolute Gasteiger partial charge is 0.217 e. The van der Waals surface area contributed by atoms with Gasteiger partial charge in [0.2, 0.25) is 5.91 Å². The highest BCUT2D eigenvalue weighted by Gasteiger charge is 1.96. The van der Waals surface area contributed by atoms with Crippen LogP contribution >= 0.6 is 0 Å². The van der Waals surface area contributed by atoms with Gasteiger partial charge in [-0.25, -0.2) is 0 Å². The van der Waals surface area contributed by atoms with Gasteiger partial charge >= 0.3 is 0 Å². The summed E-state index contributed by atoms with van der Waals surface area (Å²) in [4.78, 5) is 10.1. The van der Waals surface area contributed by atoms with Gasteiger partial charge in [0.25, 0.3) is 0 Å². The van der Waals surface area contributed by atoms with Crippen LogP contribution in [0.5, 0.6) is 0 Å². The second kappa shape index (κ2) is 8.43. The fourth-order valence-corrected chi connectivity index (χ4v) is 0.431. The minimum Gasteiger partial charge on any atom is -0.400 e. The maximum atomic E-state index is 10.1. The maximum Gasteiger partial charge on any atom is 0.217 e. The minimum absolute atomic E-state index is 0.196. The number of carbonyl (C=O) groups excluding carboxylic acids is 1. The number of nitrogens with two attached hydrogens (primary N) is 1. The Kier molecular flexibility index (Phi) is 10.2. The molecule has 0 aromatic carbocycles. The molecule has 0 aromatic rings. The molecule has 0 saturated heterocycles. The highest BCUT2D eigenvalue weighted by Crippen LogP contribution is 2.01. The first kappa shape index (κ1) is 12.1. The molecular weight excluding hydrogens is 130 g/mol. The minimum atomic E-state index is -0.196. The van der Waals surface area contributed by atoms with Crippen molar-refractivity contribution in [3.05, 3.63) is 0 Å². The average Bonchev–Trinajstić information content (AvgIpc) is 1.89. The van der Waals surface area contributed by atoms with Crippen LogP contribution in [-0.4, -0.2) is 18.1 Å². The molecule has 0 spiro atoms. The predicted octanol–water partition coefficient (Wildman–Crippen LogP) is 0.516. The van der Waals surface area contributed by atoms with Crippen LogP contribution in [0.1, 0.15) is 26.7 Å². The fraction of sp³-hybridized carbons (Fsp3) is 0.857. The molecule has 0 aliphatic rings. The molecule has 0 aliphatic carbocycles. The molecule has 0 heterocycles. The van der Waals surface area contributed by atoms with E-state index in [2.05, 4.69) is 13.8 Å². The van der Waals surface area contributed by atoms with Gasteiger partial charge in [-0.05, 0) is 12.3 Å². The van der Waals surface area contributed by atoms with Crippen LogP contribution in [0.25, 0.3) is 0 Å². The highest BCUT2D eigenvalue weighted by molar-refractivity contribution is 5.73. The Balaban J connectivity index is 0. The molecule has 62 valence electrons. The molecule has 0 unspecified atom stereocenters. The molecule has 10 heavy (non-hydrogen) atoms. The summed E-state index contributed by atoms with van der Waals surface area (Å²) in [5.74, 6) is 0.390. The van der Waals surface area contributed by atoms with E-state index < -0.39 is 0 Å². The predicted molar refractivity (Wildman–Crippen MR) is 41.4 cm³/mol. The standard InChI is InChI=1S/C6H13NO.CH4O/c1-5(2)3-4-6(7)8;1-2/h5H,3-4H2,1-2H3,(H2,7,8);2H,1H3. The number of aliphatic hydroxyl groups is 1. The van der Waals surface area contributed by atoms with Gasteiger partial charge < -0.3 is 10.8 Å². The van der Waals surface area contributed by atoms with Crippen LogP contribution in [0.3, 0.4) is 0 Å². The van der Waals surface area contributed by atoms with Gasteiger partial charge in [0.05, 0.1) is 0 Å². The molecule has 0 aromatic heterocycles. The third-order valence-corrected chi connectivity index (χ3v) is 0.968. The van der Waals surface area contributed by atoms with Gasteiger partial charge in [0.15, 0.2) is 0 Å². The SMILES string of the molecule is CC(C)CCC(N)=O.CO. The number of carbonyl (C=O) groups is 1. The van der Waals surface area contributed by atoms with Crippen molar-refractivity contribution in [3.63, 3.8) is 0 Å². The lowest BCUT2D eigenvalue weighted by atomic mass is 10.1. The zero-order valence-corrected chi connectivity index (χ0v) is 6.92. The summed E-state index contributed by atoms with van der Waals surface area (Å²) in [6, 6.07) is 0. The molecule has 3 heteroatoms. The van der Waals surface area contributed by atoms with Gasteiger partial charge in [-0.2, -0.15) is 0 Å². The summed E-state index contributed by atoms with van der Waals surface area (Å²) >= 11 is 0. The number of rotatable bonds is 3. The lowest BCUT2D eigenvalue weighted by molar-refractivity contribution is -0.118. The van der Waals surface area contributed by atoms with Crippen LogP contribution in [0, 0.1) is 5.92 Å². The third-order valence-electron chi connectivity index (χ3n) is 0.968. The Labute approximate surface area is 62.2 Å². The second-order valence-electron chi connectivity index (χ2n) is 2.40. The second-order valence-corrected chi connectivity index (χ2v) is 2.40. The van der Waals surface area contributed by atoms with Crippen LogP contribution < -0.4 is 5.73 Å². The summed E-state index contributed by atoms with van der Waals surface area (Å²) in [6.07, 6.45) is 1.44. The first-order chi connectivity index (χ1) is 4.63. The maximum absolute atomic E-state index is 10.1. The largest absolute Gasteiger partial charge is 0.400 e. The highest BCUT2D eigenvalue weighted by atomic mass is 16.2. The van der Waals surface area contributed by atoms with E-state index in [4.69, 9.17) is 10.8 Å². The zero-order chi connectivity index (χ0) is 8.57. The Bertz CT molecular complexity index is 81.7. The van der Waals surface area contributed by atoms with Crippen LogP contribution in [0.15, 0.2) is 0 Å². The van der Waals surface area contributed by atoms with Crippen LogP contribution in [0.2, 0.25) is 0 Å². The van der Waals surface area contributed by atoms with Crippen molar-refractivity contribution in [1.82, 2.24) is 0 Å². The summed E-state index contributed by atoms with van der Waals surface area (Å²) in [6.45, 7) is 4.14. The van der Waals surface area contributed by atoms with Crippen molar-refractivity contribution < 1.29 is 9.90 Å². The van der Waals surface area contributed by atoms with E-state index in [1.54, 1.807) is 0 Å². The number of amides is 1. The van der Waals surface area contributed by atoms with Crippen molar-refractivity contribution in [3.8, 4) is 0 Å². The Hall–Kier alpha value is -0.570. The molecule has 0 aliphatic heterocycles. The Morgan fingerprint density at radius 2 is 1.90 bits per heavy atom. The molecule has 0 saturated carbocycles. The van der Waals surface area contributed by atoms with Crippen molar-refractivity contribution in [2.75, 3.05) is 7.11 Å². The quantitative estimate of drug-likeness (QED) is 0.611. The van der Waals surface area contributed by atoms with E-state index in [0.717, 1.165) is 13.5 Å². The third kappa shape index (κ3) is 15.7. The molecule has 3 N–H and O–H groups in total. The summed E-state index contributed by atoms with van der Waals surface area (Å²) < 4.78 is 0. The lowest BCUT2D eigenvalue weighted by Gasteiger charge is -1.98. The van der Waals surface area contributed by atoms with E-state index in [9.17, 15) is 4.79 Å². The first-order valence-electron chi connectivity index (χ1n) is 3.36. The van der Waals surface area contributed by atoms with Crippen molar-refractivity contribution in [2.45, 2.75) is 26.7 Å². The van der Waals surface area contributed by atoms with E-state index in [-0.39, 0.29) is 5.91 Å². The topological polar surface area (TPSA) is 63.3 Å². The number of aliphatic hydroxyl groups excluding tert-OH is 1. The van der Waals surface area contributed by atoms with E-state index in [0.29, 0.717) is 12.3 Å². The van der Waals surface area contributed by atoms with Gasteiger partial charge in [-0.1, -0.05) is 13.8 Å². The molecule has 0 fully saturated rings. The monoisotopic (exact) mass is 147 g/mol. The van der Waals surface area contributed by atoms with E-state index in [1.165, 1.54) is 0 Å². The number of hydrogen-bond donors (Lipinski definition) is 2.